The highest BCUT2D eigenvalue weighted by molar-refractivity contribution is 7.70. The third kappa shape index (κ3) is 2.88. The molecule has 0 aliphatic heterocycles. The molecule has 0 aliphatic rings. The van der Waals surface area contributed by atoms with Crippen molar-refractivity contribution in [3.05, 3.63) is 0 Å². The molecule has 0 bridgehead atoms. The van der Waals surface area contributed by atoms with E-state index >= 15 is 0 Å². The molecule has 0 saturated carbocycles. The van der Waals surface area contributed by atoms with Crippen LogP contribution in [0.2, 0.25) is 0 Å². The molecule has 11 heavy (non-hydrogen) atoms. The number of nitrogens with zero attached hydrogens (tertiary/aromatic N) is 1. The van der Waals surface area contributed by atoms with Gasteiger partial charge in [-0.1, -0.05) is 20.8 Å². The second-order valence-electron chi connectivity index (χ2n) is 3.32. The van der Waals surface area contributed by atoms with E-state index in [9.17, 15) is 13.2 Å². The lowest BCUT2D eigenvalue weighted by Gasteiger charge is -2.20. The fraction of sp³-hybridized carbons (Fsp3) is 0.833. The Kier molecular flexibility index (Phi) is 3.04. The van der Waals surface area contributed by atoms with Crippen LogP contribution < -0.4 is 0 Å². The normalized spacial score (nSPS) is 11.7. The van der Waals surface area contributed by atoms with Crippen molar-refractivity contribution >= 4 is 16.8 Å². The molecule has 0 saturated heterocycles. The van der Waals surface area contributed by atoms with Crippen molar-refractivity contribution in [2.75, 3.05) is 7.05 Å². The highest BCUT2D eigenvalue weighted by Crippen LogP contribution is 2.15. The van der Waals surface area contributed by atoms with Gasteiger partial charge in [-0.25, -0.2) is 12.7 Å². The van der Waals surface area contributed by atoms with E-state index in [0.29, 0.717) is 0 Å². The van der Waals surface area contributed by atoms with Crippen LogP contribution in [-0.2, 0) is 15.7 Å². The highest BCUT2D eigenvalue weighted by Gasteiger charge is 2.25. The molecule has 0 heterocycles. The predicted molar refractivity (Wildman–Crippen MR) is 42.5 cm³/mol. The lowest BCUT2D eigenvalue weighted by Crippen LogP contribution is -2.35. The van der Waals surface area contributed by atoms with Crippen molar-refractivity contribution < 1.29 is 13.2 Å². The minimum Gasteiger partial charge on any atom is -0.273 e. The monoisotopic (exact) mass is 179 g/mol. The van der Waals surface area contributed by atoms with Crippen molar-refractivity contribution in [1.29, 1.82) is 0 Å². The zero-order valence-corrected chi connectivity index (χ0v) is 8.01. The number of thiol groups is 1. The van der Waals surface area contributed by atoms with Crippen molar-refractivity contribution in [1.82, 2.24) is 4.31 Å². The van der Waals surface area contributed by atoms with Crippen molar-refractivity contribution in [2.24, 2.45) is 5.41 Å². The number of rotatable bonds is 1. The van der Waals surface area contributed by atoms with Gasteiger partial charge in [-0.2, -0.15) is 0 Å². The minimum absolute atomic E-state index is 0.395. The molecule has 0 unspecified atom stereocenters. The molecule has 0 spiro atoms. The van der Waals surface area contributed by atoms with E-state index in [-0.39, 0.29) is 0 Å². The molecule has 1 amide bonds. The quantitative estimate of drug-likeness (QED) is 0.577. The Balaban J connectivity index is 4.52. The number of amides is 1. The fourth-order valence-corrected chi connectivity index (χ4v) is 1.01. The molecule has 0 radical (unpaired) electrons. The second-order valence-corrected chi connectivity index (χ2v) is 4.39. The third-order valence-corrected chi connectivity index (χ3v) is 1.85. The summed E-state index contributed by atoms with van der Waals surface area (Å²) in [6, 6.07) is 0. The molecule has 0 aromatic carbocycles. The molecule has 0 aromatic rings. The van der Waals surface area contributed by atoms with Gasteiger partial charge in [0.05, 0.1) is 0 Å². The first kappa shape index (κ1) is 10.4. The van der Waals surface area contributed by atoms with E-state index in [1.165, 1.54) is 7.05 Å². The van der Waals surface area contributed by atoms with Gasteiger partial charge in [0.15, 0.2) is 0 Å². The van der Waals surface area contributed by atoms with E-state index in [1.54, 1.807) is 20.8 Å². The van der Waals surface area contributed by atoms with Crippen molar-refractivity contribution in [2.45, 2.75) is 20.8 Å². The summed E-state index contributed by atoms with van der Waals surface area (Å²) in [5.41, 5.74) is -0.635. The van der Waals surface area contributed by atoms with E-state index < -0.39 is 22.2 Å². The SMILES string of the molecule is CN(C(=O)C(C)(C)C)[SH](=O)=O. The summed E-state index contributed by atoms with van der Waals surface area (Å²) in [5, 5.41) is 0. The van der Waals surface area contributed by atoms with Crippen LogP contribution in [0.1, 0.15) is 20.8 Å². The molecule has 66 valence electrons. The van der Waals surface area contributed by atoms with Gasteiger partial charge in [0.1, 0.15) is 0 Å². The van der Waals surface area contributed by atoms with E-state index in [0.717, 1.165) is 4.31 Å². The Morgan fingerprint density at radius 1 is 1.27 bits per heavy atom. The Labute approximate surface area is 68.3 Å². The van der Waals surface area contributed by atoms with Crippen LogP contribution in [0.3, 0.4) is 0 Å². The largest absolute Gasteiger partial charge is 0.273 e. The van der Waals surface area contributed by atoms with Crippen LogP contribution in [0.5, 0.6) is 0 Å². The smallest absolute Gasteiger partial charge is 0.240 e. The fourth-order valence-electron chi connectivity index (χ4n) is 0.560. The Hall–Kier alpha value is -0.580. The van der Waals surface area contributed by atoms with Crippen molar-refractivity contribution in [3.8, 4) is 0 Å². The topological polar surface area (TPSA) is 54.5 Å². The Morgan fingerprint density at radius 3 is 1.73 bits per heavy atom. The Bertz CT molecular complexity index is 218. The van der Waals surface area contributed by atoms with E-state index in [4.69, 9.17) is 0 Å². The number of carbonyl (C=O) groups excluding carboxylic acids is 1. The maximum Gasteiger partial charge on any atom is 0.240 e. The van der Waals surface area contributed by atoms with Crippen LogP contribution in [0.15, 0.2) is 0 Å². The summed E-state index contributed by atoms with van der Waals surface area (Å²) in [6.07, 6.45) is 0. The van der Waals surface area contributed by atoms with Gasteiger partial charge in [0, 0.05) is 12.5 Å². The second kappa shape index (κ2) is 3.21. The van der Waals surface area contributed by atoms with Crippen LogP contribution in [0.4, 0.5) is 0 Å². The third-order valence-electron chi connectivity index (χ3n) is 1.18. The zero-order chi connectivity index (χ0) is 9.23. The zero-order valence-electron chi connectivity index (χ0n) is 7.12. The lowest BCUT2D eigenvalue weighted by molar-refractivity contribution is -0.133. The standard InChI is InChI=1S/C6H13NO3S/c1-6(2,3)5(8)7(4)11(9)10/h11H,1-4H3. The maximum atomic E-state index is 11.1. The average Bonchev–Trinajstić information content (AvgIpc) is 1.82. The van der Waals surface area contributed by atoms with Gasteiger partial charge in [0.25, 0.3) is 0 Å². The molecule has 0 aliphatic carbocycles. The highest BCUT2D eigenvalue weighted by atomic mass is 32.2. The first-order valence-corrected chi connectivity index (χ1v) is 4.32. The molecule has 0 aromatic heterocycles. The van der Waals surface area contributed by atoms with Gasteiger partial charge in [0.2, 0.25) is 16.8 Å². The van der Waals surface area contributed by atoms with Crippen LogP contribution in [0.25, 0.3) is 0 Å². The minimum atomic E-state index is -2.78. The summed E-state index contributed by atoms with van der Waals surface area (Å²) < 4.78 is 21.4. The summed E-state index contributed by atoms with van der Waals surface area (Å²) in [6.45, 7) is 5.01. The molecule has 0 N–H and O–H groups in total. The van der Waals surface area contributed by atoms with Gasteiger partial charge in [-0.05, 0) is 0 Å². The summed E-state index contributed by atoms with van der Waals surface area (Å²) in [4.78, 5) is 11.1. The summed E-state index contributed by atoms with van der Waals surface area (Å²) in [7, 11) is -1.53. The molecule has 0 fully saturated rings. The van der Waals surface area contributed by atoms with Gasteiger partial charge >= 0.3 is 0 Å². The summed E-state index contributed by atoms with van der Waals surface area (Å²) in [5.74, 6) is -0.395. The molecule has 0 atom stereocenters. The van der Waals surface area contributed by atoms with Crippen LogP contribution in [-0.4, -0.2) is 25.7 Å². The molecular formula is C6H13NO3S. The van der Waals surface area contributed by atoms with Gasteiger partial charge in [-0.3, -0.25) is 4.79 Å². The van der Waals surface area contributed by atoms with Crippen LogP contribution >= 0.6 is 0 Å². The predicted octanol–water partition coefficient (Wildman–Crippen LogP) is 0.0173. The number of carbonyl (C=O) groups is 1. The molecule has 4 nitrogen and oxygen atoms in total. The Morgan fingerprint density at radius 2 is 1.64 bits per heavy atom. The maximum absolute atomic E-state index is 11.1. The van der Waals surface area contributed by atoms with E-state index in [1.807, 2.05) is 0 Å². The molecular weight excluding hydrogens is 166 g/mol. The number of hydrogen-bond donors (Lipinski definition) is 1. The van der Waals surface area contributed by atoms with Crippen LogP contribution in [0, 0.1) is 5.41 Å². The lowest BCUT2D eigenvalue weighted by atomic mass is 9.96. The first-order chi connectivity index (χ1) is 4.76. The molecule has 5 heteroatoms. The molecule has 0 rings (SSSR count). The van der Waals surface area contributed by atoms with Gasteiger partial charge in [-0.15, -0.1) is 0 Å². The average molecular weight is 179 g/mol. The first-order valence-electron chi connectivity index (χ1n) is 3.19. The van der Waals surface area contributed by atoms with Gasteiger partial charge < -0.3 is 0 Å². The summed E-state index contributed by atoms with van der Waals surface area (Å²) >= 11 is 0. The van der Waals surface area contributed by atoms with Crippen molar-refractivity contribution in [3.63, 3.8) is 0 Å². The number of hydrogen-bond acceptors (Lipinski definition) is 3. The van der Waals surface area contributed by atoms with E-state index in [2.05, 4.69) is 0 Å².